The van der Waals surface area contributed by atoms with Crippen LogP contribution in [0.4, 0.5) is 0 Å². The van der Waals surface area contributed by atoms with Crippen LogP contribution in [0.5, 0.6) is 5.75 Å². The van der Waals surface area contributed by atoms with E-state index in [1.165, 1.54) is 5.56 Å². The lowest BCUT2D eigenvalue weighted by atomic mass is 9.88. The molecule has 0 unspecified atom stereocenters. The summed E-state index contributed by atoms with van der Waals surface area (Å²) in [4.78, 5) is 27.8. The van der Waals surface area contributed by atoms with Gasteiger partial charge >= 0.3 is 0 Å². The van der Waals surface area contributed by atoms with E-state index in [1.54, 1.807) is 0 Å². The SMILES string of the molecule is Cc1cccc(COc2ccccc2C(=O)N2CCC(C(=O)c3ccccc3)CC2)c1. The maximum Gasteiger partial charge on any atom is 0.257 e. The van der Waals surface area contributed by atoms with Gasteiger partial charge in [0.25, 0.3) is 5.91 Å². The van der Waals surface area contributed by atoms with Gasteiger partial charge in [-0.25, -0.2) is 0 Å². The van der Waals surface area contributed by atoms with Gasteiger partial charge in [-0.05, 0) is 37.5 Å². The molecule has 0 N–H and O–H groups in total. The number of carbonyl (C=O) groups is 2. The molecule has 1 fully saturated rings. The van der Waals surface area contributed by atoms with Crippen LogP contribution in [0.2, 0.25) is 0 Å². The van der Waals surface area contributed by atoms with E-state index in [1.807, 2.05) is 84.6 Å². The number of hydrogen-bond donors (Lipinski definition) is 0. The summed E-state index contributed by atoms with van der Waals surface area (Å²) in [5, 5.41) is 0. The number of piperidine rings is 1. The van der Waals surface area contributed by atoms with Gasteiger partial charge in [-0.2, -0.15) is 0 Å². The molecule has 0 atom stereocenters. The molecule has 1 aliphatic rings. The minimum atomic E-state index is -0.0366. The zero-order valence-corrected chi connectivity index (χ0v) is 17.8. The van der Waals surface area contributed by atoms with Gasteiger partial charge in [-0.1, -0.05) is 72.3 Å². The summed E-state index contributed by atoms with van der Waals surface area (Å²) in [7, 11) is 0. The molecule has 4 nitrogen and oxygen atoms in total. The maximum atomic E-state index is 13.2. The van der Waals surface area contributed by atoms with Crippen molar-refractivity contribution in [3.63, 3.8) is 0 Å². The Bertz CT molecular complexity index is 1050. The Morgan fingerprint density at radius 1 is 0.903 bits per heavy atom. The van der Waals surface area contributed by atoms with E-state index in [2.05, 4.69) is 6.07 Å². The van der Waals surface area contributed by atoms with E-state index < -0.39 is 0 Å². The predicted octanol–water partition coefficient (Wildman–Crippen LogP) is 5.31. The Morgan fingerprint density at radius 3 is 2.35 bits per heavy atom. The molecule has 4 heteroatoms. The van der Waals surface area contributed by atoms with Gasteiger partial charge in [0, 0.05) is 24.6 Å². The van der Waals surface area contributed by atoms with E-state index in [0.717, 1.165) is 11.1 Å². The monoisotopic (exact) mass is 413 g/mol. The molecule has 3 aromatic rings. The lowest BCUT2D eigenvalue weighted by molar-refractivity contribution is 0.0646. The predicted molar refractivity (Wildman–Crippen MR) is 121 cm³/mol. The number of rotatable bonds is 6. The fraction of sp³-hybridized carbons (Fsp3) is 0.259. The van der Waals surface area contributed by atoms with Crippen molar-refractivity contribution in [3.8, 4) is 5.75 Å². The molecule has 1 amide bonds. The normalized spacial score (nSPS) is 14.3. The van der Waals surface area contributed by atoms with Gasteiger partial charge in [0.2, 0.25) is 0 Å². The van der Waals surface area contributed by atoms with Crippen LogP contribution in [0.1, 0.15) is 44.7 Å². The number of para-hydroxylation sites is 1. The van der Waals surface area contributed by atoms with Crippen LogP contribution in [0.3, 0.4) is 0 Å². The zero-order valence-electron chi connectivity index (χ0n) is 17.8. The number of carbonyl (C=O) groups excluding carboxylic acids is 2. The molecule has 3 aromatic carbocycles. The fourth-order valence-corrected chi connectivity index (χ4v) is 4.09. The van der Waals surface area contributed by atoms with Gasteiger partial charge in [0.1, 0.15) is 12.4 Å². The number of aryl methyl sites for hydroxylation is 1. The Balaban J connectivity index is 1.39. The second-order valence-electron chi connectivity index (χ2n) is 8.07. The van der Waals surface area contributed by atoms with E-state index in [-0.39, 0.29) is 17.6 Å². The van der Waals surface area contributed by atoms with Gasteiger partial charge < -0.3 is 9.64 Å². The molecule has 0 spiro atoms. The van der Waals surface area contributed by atoms with Crippen molar-refractivity contribution < 1.29 is 14.3 Å². The summed E-state index contributed by atoms with van der Waals surface area (Å²) in [6.07, 6.45) is 1.37. The Labute approximate surface area is 183 Å². The molecule has 0 radical (unpaired) electrons. The van der Waals surface area contributed by atoms with E-state index >= 15 is 0 Å². The average molecular weight is 414 g/mol. The minimum absolute atomic E-state index is 0.0285. The number of Topliss-reactive ketones (excluding diaryl/α,β-unsaturated/α-hetero) is 1. The quantitative estimate of drug-likeness (QED) is 0.515. The largest absolute Gasteiger partial charge is 0.488 e. The number of ketones is 1. The van der Waals surface area contributed by atoms with Crippen molar-refractivity contribution >= 4 is 11.7 Å². The number of ether oxygens (including phenoxy) is 1. The fourth-order valence-electron chi connectivity index (χ4n) is 4.09. The third-order valence-electron chi connectivity index (χ3n) is 5.81. The van der Waals surface area contributed by atoms with Gasteiger partial charge in [0.05, 0.1) is 5.56 Å². The highest BCUT2D eigenvalue weighted by molar-refractivity contribution is 5.99. The first-order chi connectivity index (χ1) is 15.1. The molecule has 1 heterocycles. The van der Waals surface area contributed by atoms with Gasteiger partial charge in [-0.15, -0.1) is 0 Å². The third-order valence-corrected chi connectivity index (χ3v) is 5.81. The van der Waals surface area contributed by atoms with Crippen LogP contribution in [0.25, 0.3) is 0 Å². The standard InChI is InChI=1S/C27H27NO3/c1-20-8-7-9-21(18-20)19-31-25-13-6-5-12-24(25)27(30)28-16-14-23(15-17-28)26(29)22-10-3-2-4-11-22/h2-13,18,23H,14-17,19H2,1H3. The molecule has 0 aromatic heterocycles. The molecule has 31 heavy (non-hydrogen) atoms. The maximum absolute atomic E-state index is 13.2. The summed E-state index contributed by atoms with van der Waals surface area (Å²) in [6, 6.07) is 25.0. The smallest absolute Gasteiger partial charge is 0.257 e. The zero-order chi connectivity index (χ0) is 21.6. The molecular formula is C27H27NO3. The lowest BCUT2D eigenvalue weighted by Gasteiger charge is -2.31. The van der Waals surface area contributed by atoms with Crippen LogP contribution in [-0.2, 0) is 6.61 Å². The highest BCUT2D eigenvalue weighted by Gasteiger charge is 2.29. The summed E-state index contributed by atoms with van der Waals surface area (Å²) < 4.78 is 6.01. The van der Waals surface area contributed by atoms with Crippen molar-refractivity contribution in [3.05, 3.63) is 101 Å². The molecule has 0 aliphatic carbocycles. The molecule has 4 rings (SSSR count). The Kier molecular flexibility index (Phi) is 6.46. The molecule has 158 valence electrons. The number of benzene rings is 3. The summed E-state index contributed by atoms with van der Waals surface area (Å²) in [6.45, 7) is 3.62. The number of likely N-dealkylation sites (tertiary alicyclic amines) is 1. The van der Waals surface area contributed by atoms with Crippen molar-refractivity contribution in [2.24, 2.45) is 5.92 Å². The Hall–Kier alpha value is -3.40. The minimum Gasteiger partial charge on any atom is -0.488 e. The molecule has 1 saturated heterocycles. The van der Waals surface area contributed by atoms with Gasteiger partial charge in [-0.3, -0.25) is 9.59 Å². The topological polar surface area (TPSA) is 46.6 Å². The van der Waals surface area contributed by atoms with Crippen LogP contribution >= 0.6 is 0 Å². The first-order valence-electron chi connectivity index (χ1n) is 10.8. The summed E-state index contributed by atoms with van der Waals surface area (Å²) >= 11 is 0. The van der Waals surface area contributed by atoms with Crippen LogP contribution < -0.4 is 4.74 Å². The molecule has 1 aliphatic heterocycles. The van der Waals surface area contributed by atoms with Crippen LogP contribution in [0, 0.1) is 12.8 Å². The first kappa shape index (κ1) is 20.9. The summed E-state index contributed by atoms with van der Waals surface area (Å²) in [5.74, 6) is 0.704. The van der Waals surface area contributed by atoms with Crippen molar-refractivity contribution in [2.45, 2.75) is 26.4 Å². The van der Waals surface area contributed by atoms with Crippen molar-refractivity contribution in [1.82, 2.24) is 4.90 Å². The van der Waals surface area contributed by atoms with Crippen molar-refractivity contribution in [2.75, 3.05) is 13.1 Å². The number of amides is 1. The van der Waals surface area contributed by atoms with Crippen LogP contribution in [0.15, 0.2) is 78.9 Å². The molecular weight excluding hydrogens is 386 g/mol. The Morgan fingerprint density at radius 2 is 1.61 bits per heavy atom. The van der Waals surface area contributed by atoms with Crippen molar-refractivity contribution in [1.29, 1.82) is 0 Å². The highest BCUT2D eigenvalue weighted by atomic mass is 16.5. The highest BCUT2D eigenvalue weighted by Crippen LogP contribution is 2.26. The van der Waals surface area contributed by atoms with Crippen LogP contribution in [-0.4, -0.2) is 29.7 Å². The third kappa shape index (κ3) is 5.02. The van der Waals surface area contributed by atoms with Gasteiger partial charge in [0.15, 0.2) is 5.78 Å². The summed E-state index contributed by atoms with van der Waals surface area (Å²) in [5.41, 5.74) is 3.58. The second kappa shape index (κ2) is 9.61. The molecule has 0 saturated carbocycles. The average Bonchev–Trinajstić information content (AvgIpc) is 2.83. The number of nitrogens with zero attached hydrogens (tertiary/aromatic N) is 1. The first-order valence-corrected chi connectivity index (χ1v) is 10.8. The van der Waals surface area contributed by atoms with E-state index in [0.29, 0.717) is 43.9 Å². The molecule has 0 bridgehead atoms. The van der Waals surface area contributed by atoms with E-state index in [9.17, 15) is 9.59 Å². The lowest BCUT2D eigenvalue weighted by Crippen LogP contribution is -2.40. The number of hydrogen-bond acceptors (Lipinski definition) is 3. The van der Waals surface area contributed by atoms with E-state index in [4.69, 9.17) is 4.74 Å². The second-order valence-corrected chi connectivity index (χ2v) is 8.07.